The van der Waals surface area contributed by atoms with Crippen LogP contribution in [0.2, 0.25) is 5.02 Å². The van der Waals surface area contributed by atoms with Gasteiger partial charge in [-0.2, -0.15) is 5.10 Å². The summed E-state index contributed by atoms with van der Waals surface area (Å²) in [5, 5.41) is 4.68. The topological polar surface area (TPSA) is 55.9 Å². The molecule has 0 amide bonds. The van der Waals surface area contributed by atoms with Gasteiger partial charge in [-0.25, -0.2) is 9.82 Å². The minimum Gasteiger partial charge on any atom is -0.272 e. The Kier molecular flexibility index (Phi) is 3.89. The van der Waals surface area contributed by atoms with Crippen molar-refractivity contribution in [1.82, 2.24) is 15.2 Å². The fraction of sp³-hybridized carbons (Fsp3) is 0.308. The van der Waals surface area contributed by atoms with E-state index in [9.17, 15) is 4.39 Å². The number of hydrogen-bond donors (Lipinski definition) is 2. The molecule has 2 rings (SSSR count). The largest absolute Gasteiger partial charge is 0.272 e. The lowest BCUT2D eigenvalue weighted by atomic mass is 9.97. The van der Waals surface area contributed by atoms with Crippen molar-refractivity contribution in [1.29, 1.82) is 0 Å². The van der Waals surface area contributed by atoms with Gasteiger partial charge in [0, 0.05) is 28.9 Å². The molecule has 1 unspecified atom stereocenters. The molecule has 102 valence electrons. The van der Waals surface area contributed by atoms with E-state index in [-0.39, 0.29) is 0 Å². The van der Waals surface area contributed by atoms with E-state index in [0.717, 1.165) is 17.0 Å². The average Bonchev–Trinajstić information content (AvgIpc) is 2.59. The van der Waals surface area contributed by atoms with E-state index in [1.54, 1.807) is 16.8 Å². The first-order valence-electron chi connectivity index (χ1n) is 5.87. The number of hydrazine groups is 1. The molecule has 0 aliphatic rings. The molecular formula is C13H16ClFN4. The number of rotatable bonds is 3. The third-order valence-corrected chi connectivity index (χ3v) is 3.53. The second-order valence-electron chi connectivity index (χ2n) is 4.47. The molecule has 2 aromatic rings. The van der Waals surface area contributed by atoms with E-state index in [1.165, 1.54) is 6.07 Å². The smallest absolute Gasteiger partial charge is 0.129 e. The minimum absolute atomic E-state index is 0.358. The molecule has 0 aliphatic carbocycles. The fourth-order valence-electron chi connectivity index (χ4n) is 2.27. The number of hydrogen-bond acceptors (Lipinski definition) is 3. The maximum Gasteiger partial charge on any atom is 0.129 e. The minimum atomic E-state index is -0.453. The van der Waals surface area contributed by atoms with Crippen LogP contribution in [-0.2, 0) is 7.05 Å². The Labute approximate surface area is 116 Å². The van der Waals surface area contributed by atoms with Gasteiger partial charge in [-0.1, -0.05) is 17.7 Å². The number of benzene rings is 1. The van der Waals surface area contributed by atoms with E-state index < -0.39 is 11.9 Å². The Morgan fingerprint density at radius 1 is 1.42 bits per heavy atom. The molecule has 0 saturated heterocycles. The first-order chi connectivity index (χ1) is 8.95. The van der Waals surface area contributed by atoms with E-state index in [0.29, 0.717) is 10.6 Å². The predicted molar refractivity (Wildman–Crippen MR) is 73.3 cm³/mol. The highest BCUT2D eigenvalue weighted by Gasteiger charge is 2.23. The van der Waals surface area contributed by atoms with Crippen molar-refractivity contribution in [3.05, 3.63) is 51.6 Å². The number of nitrogens with two attached hydrogens (primary N) is 1. The fourth-order valence-corrected chi connectivity index (χ4v) is 2.43. The Hall–Kier alpha value is -1.43. The van der Waals surface area contributed by atoms with Gasteiger partial charge in [0.15, 0.2) is 0 Å². The van der Waals surface area contributed by atoms with Gasteiger partial charge in [0.1, 0.15) is 5.82 Å². The van der Waals surface area contributed by atoms with Gasteiger partial charge in [-0.05, 0) is 26.0 Å². The second kappa shape index (κ2) is 5.28. The monoisotopic (exact) mass is 282 g/mol. The first-order valence-corrected chi connectivity index (χ1v) is 6.24. The molecule has 3 N–H and O–H groups in total. The first kappa shape index (κ1) is 14.0. The van der Waals surface area contributed by atoms with Crippen molar-refractivity contribution in [3.8, 4) is 0 Å². The highest BCUT2D eigenvalue weighted by molar-refractivity contribution is 6.30. The van der Waals surface area contributed by atoms with Gasteiger partial charge in [-0.3, -0.25) is 10.5 Å². The van der Waals surface area contributed by atoms with Crippen LogP contribution in [0.5, 0.6) is 0 Å². The lowest BCUT2D eigenvalue weighted by Crippen LogP contribution is -2.30. The summed E-state index contributed by atoms with van der Waals surface area (Å²) in [6, 6.07) is 4.10. The number of aryl methyl sites for hydroxylation is 2. The molecule has 0 saturated carbocycles. The molecule has 4 nitrogen and oxygen atoms in total. The summed E-state index contributed by atoms with van der Waals surface area (Å²) in [5.41, 5.74) is 5.74. The van der Waals surface area contributed by atoms with E-state index in [2.05, 4.69) is 10.5 Å². The SMILES string of the molecule is Cc1nn(C)c(C)c1C(NN)c1ccc(Cl)cc1F. The summed E-state index contributed by atoms with van der Waals surface area (Å²) < 4.78 is 15.8. The van der Waals surface area contributed by atoms with Crippen LogP contribution in [0.4, 0.5) is 4.39 Å². The summed E-state index contributed by atoms with van der Waals surface area (Å²) in [5.74, 6) is 5.21. The third kappa shape index (κ3) is 2.49. The van der Waals surface area contributed by atoms with Crippen molar-refractivity contribution in [2.45, 2.75) is 19.9 Å². The summed E-state index contributed by atoms with van der Waals surface area (Å²) in [4.78, 5) is 0. The Balaban J connectivity index is 2.56. The molecule has 1 aromatic carbocycles. The quantitative estimate of drug-likeness (QED) is 0.671. The number of halogens is 2. The van der Waals surface area contributed by atoms with Crippen LogP contribution in [0.25, 0.3) is 0 Å². The standard InChI is InChI=1S/C13H16ClFN4/c1-7-12(8(2)19(3)18-7)13(17-16)10-5-4-9(14)6-11(10)15/h4-6,13,17H,16H2,1-3H3. The zero-order valence-corrected chi connectivity index (χ0v) is 11.8. The Morgan fingerprint density at radius 2 is 2.11 bits per heavy atom. The van der Waals surface area contributed by atoms with Gasteiger partial charge in [-0.15, -0.1) is 0 Å². The van der Waals surface area contributed by atoms with Crippen LogP contribution in [-0.4, -0.2) is 9.78 Å². The number of aromatic nitrogens is 2. The second-order valence-corrected chi connectivity index (χ2v) is 4.91. The Morgan fingerprint density at radius 3 is 2.58 bits per heavy atom. The van der Waals surface area contributed by atoms with Crippen molar-refractivity contribution < 1.29 is 4.39 Å². The summed E-state index contributed by atoms with van der Waals surface area (Å²) in [6.07, 6.45) is 0. The van der Waals surface area contributed by atoms with Gasteiger partial charge in [0.25, 0.3) is 0 Å². The summed E-state index contributed by atoms with van der Waals surface area (Å²) in [7, 11) is 1.84. The molecule has 0 bridgehead atoms. The molecular weight excluding hydrogens is 267 g/mol. The Bertz CT molecular complexity index is 609. The third-order valence-electron chi connectivity index (χ3n) is 3.29. The average molecular weight is 283 g/mol. The van der Waals surface area contributed by atoms with Crippen LogP contribution < -0.4 is 11.3 Å². The van der Waals surface area contributed by atoms with Crippen molar-refractivity contribution in [3.63, 3.8) is 0 Å². The zero-order valence-electron chi connectivity index (χ0n) is 11.0. The highest BCUT2D eigenvalue weighted by atomic mass is 35.5. The summed E-state index contributed by atoms with van der Waals surface area (Å²) in [6.45, 7) is 3.80. The van der Waals surface area contributed by atoms with Crippen LogP contribution in [0, 0.1) is 19.7 Å². The molecule has 0 spiro atoms. The number of nitrogens with zero attached hydrogens (tertiary/aromatic N) is 2. The lowest BCUT2D eigenvalue weighted by molar-refractivity contribution is 0.557. The highest BCUT2D eigenvalue weighted by Crippen LogP contribution is 2.29. The maximum atomic E-state index is 14.0. The van der Waals surface area contributed by atoms with Gasteiger partial charge in [0.2, 0.25) is 0 Å². The molecule has 19 heavy (non-hydrogen) atoms. The van der Waals surface area contributed by atoms with Crippen molar-refractivity contribution >= 4 is 11.6 Å². The van der Waals surface area contributed by atoms with Gasteiger partial charge >= 0.3 is 0 Å². The van der Waals surface area contributed by atoms with Gasteiger partial charge < -0.3 is 0 Å². The number of nitrogens with one attached hydrogen (secondary N) is 1. The molecule has 0 fully saturated rings. The molecule has 1 atom stereocenters. The molecule has 1 heterocycles. The van der Waals surface area contributed by atoms with Crippen LogP contribution in [0.15, 0.2) is 18.2 Å². The maximum absolute atomic E-state index is 14.0. The van der Waals surface area contributed by atoms with Crippen LogP contribution in [0.1, 0.15) is 28.6 Å². The van der Waals surface area contributed by atoms with Crippen molar-refractivity contribution in [2.24, 2.45) is 12.9 Å². The molecule has 0 radical (unpaired) electrons. The van der Waals surface area contributed by atoms with E-state index in [4.69, 9.17) is 17.4 Å². The normalized spacial score (nSPS) is 12.7. The summed E-state index contributed by atoms with van der Waals surface area (Å²) >= 11 is 5.77. The van der Waals surface area contributed by atoms with Crippen LogP contribution in [0.3, 0.4) is 0 Å². The van der Waals surface area contributed by atoms with Gasteiger partial charge in [0.05, 0.1) is 11.7 Å². The molecule has 6 heteroatoms. The predicted octanol–water partition coefficient (Wildman–Crippen LogP) is 2.38. The van der Waals surface area contributed by atoms with Crippen LogP contribution >= 0.6 is 11.6 Å². The lowest BCUT2D eigenvalue weighted by Gasteiger charge is -2.18. The molecule has 1 aromatic heterocycles. The van der Waals surface area contributed by atoms with E-state index in [1.807, 2.05) is 20.9 Å². The molecule has 0 aliphatic heterocycles. The zero-order chi connectivity index (χ0) is 14.2. The van der Waals surface area contributed by atoms with Crippen molar-refractivity contribution in [2.75, 3.05) is 0 Å². The van der Waals surface area contributed by atoms with E-state index >= 15 is 0 Å².